The minimum atomic E-state index is -3.88. The number of rotatable bonds is 8. The summed E-state index contributed by atoms with van der Waals surface area (Å²) < 4.78 is 29.5. The lowest BCUT2D eigenvalue weighted by atomic mass is 9.72. The number of fused-ring (bicyclic) bond motifs is 1. The number of carbonyl (C=O) groups excluding carboxylic acids is 3. The van der Waals surface area contributed by atoms with E-state index in [9.17, 15) is 14.4 Å². The predicted molar refractivity (Wildman–Crippen MR) is 137 cm³/mol. The van der Waals surface area contributed by atoms with Crippen LogP contribution in [0.2, 0.25) is 6.04 Å². The quantitative estimate of drug-likeness (QED) is 0.398. The molecule has 1 aromatic carbocycles. The molecule has 0 radical (unpaired) electrons. The SMILES string of the molecule is CC(=O)O[Si](CCc1ccc2c(c1)COC(C1CCCCC1)(C1CCCCC1)O2)(OC(C)=O)OC(C)=O. The lowest BCUT2D eigenvalue weighted by molar-refractivity contribution is -0.278. The van der Waals surface area contributed by atoms with Crippen molar-refractivity contribution in [1.82, 2.24) is 0 Å². The molecule has 2 fully saturated rings. The molecule has 204 valence electrons. The van der Waals surface area contributed by atoms with E-state index >= 15 is 0 Å². The van der Waals surface area contributed by atoms with Crippen molar-refractivity contribution in [3.8, 4) is 5.75 Å². The van der Waals surface area contributed by atoms with Gasteiger partial charge < -0.3 is 22.8 Å². The van der Waals surface area contributed by atoms with Crippen molar-refractivity contribution in [1.29, 1.82) is 0 Å². The molecule has 0 unspecified atom stereocenters. The Labute approximate surface area is 220 Å². The molecule has 0 saturated heterocycles. The second kappa shape index (κ2) is 12.0. The minimum Gasteiger partial charge on any atom is -0.461 e. The van der Waals surface area contributed by atoms with Crippen LogP contribution in [-0.2, 0) is 45.4 Å². The molecule has 0 spiro atoms. The van der Waals surface area contributed by atoms with Crippen LogP contribution >= 0.6 is 0 Å². The molecule has 0 amide bonds. The summed E-state index contributed by atoms with van der Waals surface area (Å²) in [4.78, 5) is 35.2. The van der Waals surface area contributed by atoms with Crippen molar-refractivity contribution in [2.24, 2.45) is 11.8 Å². The van der Waals surface area contributed by atoms with Crippen molar-refractivity contribution < 1.29 is 37.1 Å². The average Bonchev–Trinajstić information content (AvgIpc) is 2.87. The third-order valence-corrected chi connectivity index (χ3v) is 10.5. The first kappa shape index (κ1) is 27.6. The summed E-state index contributed by atoms with van der Waals surface area (Å²) in [6, 6.07) is 6.10. The first-order valence-corrected chi connectivity index (χ1v) is 15.7. The number of aryl methyl sites for hydroxylation is 1. The Morgan fingerprint density at radius 2 is 1.35 bits per heavy atom. The van der Waals surface area contributed by atoms with Gasteiger partial charge in [-0.05, 0) is 49.8 Å². The van der Waals surface area contributed by atoms with Gasteiger partial charge in [-0.3, -0.25) is 14.4 Å². The van der Waals surface area contributed by atoms with Crippen molar-refractivity contribution in [3.05, 3.63) is 29.3 Å². The van der Waals surface area contributed by atoms with Crippen molar-refractivity contribution in [2.75, 3.05) is 0 Å². The van der Waals surface area contributed by atoms with Gasteiger partial charge in [0.1, 0.15) is 5.75 Å². The third kappa shape index (κ3) is 6.73. The number of hydrogen-bond acceptors (Lipinski definition) is 8. The molecule has 9 heteroatoms. The van der Waals surface area contributed by atoms with Crippen molar-refractivity contribution in [3.63, 3.8) is 0 Å². The molecule has 0 aromatic heterocycles. The molecule has 2 aliphatic carbocycles. The normalized spacial score (nSPS) is 20.3. The summed E-state index contributed by atoms with van der Waals surface area (Å²) in [5.41, 5.74) is 1.90. The van der Waals surface area contributed by atoms with Crippen LogP contribution in [0.5, 0.6) is 5.75 Å². The number of ether oxygens (including phenoxy) is 2. The Hall–Kier alpha value is -2.39. The number of benzene rings is 1. The van der Waals surface area contributed by atoms with Crippen LogP contribution < -0.4 is 4.74 Å². The van der Waals surface area contributed by atoms with Crippen LogP contribution in [0.4, 0.5) is 0 Å². The van der Waals surface area contributed by atoms with Gasteiger partial charge >= 0.3 is 8.80 Å². The van der Waals surface area contributed by atoms with Gasteiger partial charge in [0.15, 0.2) is 0 Å². The van der Waals surface area contributed by atoms with E-state index in [2.05, 4.69) is 0 Å². The average molecular weight is 533 g/mol. The third-order valence-electron chi connectivity index (χ3n) is 7.81. The maximum atomic E-state index is 11.7. The summed E-state index contributed by atoms with van der Waals surface area (Å²) in [7, 11) is -3.88. The number of hydrogen-bond donors (Lipinski definition) is 0. The van der Waals surface area contributed by atoms with E-state index in [-0.39, 0.29) is 6.04 Å². The van der Waals surface area contributed by atoms with Gasteiger partial charge in [0.05, 0.1) is 12.7 Å². The molecule has 0 N–H and O–H groups in total. The first-order chi connectivity index (χ1) is 17.7. The summed E-state index contributed by atoms with van der Waals surface area (Å²) in [5, 5.41) is 0. The molecule has 37 heavy (non-hydrogen) atoms. The topological polar surface area (TPSA) is 97.4 Å². The zero-order valence-electron chi connectivity index (χ0n) is 22.3. The number of carbonyl (C=O) groups is 3. The highest BCUT2D eigenvalue weighted by Crippen LogP contribution is 2.49. The van der Waals surface area contributed by atoms with Crippen LogP contribution in [0.1, 0.15) is 96.1 Å². The van der Waals surface area contributed by atoms with Crippen LogP contribution in [0, 0.1) is 11.8 Å². The van der Waals surface area contributed by atoms with E-state index in [4.69, 9.17) is 22.8 Å². The van der Waals surface area contributed by atoms with Crippen LogP contribution in [0.3, 0.4) is 0 Å². The fourth-order valence-electron chi connectivity index (χ4n) is 6.31. The zero-order valence-corrected chi connectivity index (χ0v) is 23.3. The maximum Gasteiger partial charge on any atom is 0.705 e. The highest BCUT2D eigenvalue weighted by atomic mass is 28.4. The largest absolute Gasteiger partial charge is 0.705 e. The van der Waals surface area contributed by atoms with E-state index in [0.717, 1.165) is 42.6 Å². The Kier molecular flexibility index (Phi) is 8.95. The van der Waals surface area contributed by atoms with Gasteiger partial charge in [0.25, 0.3) is 17.9 Å². The van der Waals surface area contributed by atoms with E-state index in [0.29, 0.717) is 24.9 Å². The minimum absolute atomic E-state index is 0.0975. The maximum absolute atomic E-state index is 11.7. The van der Waals surface area contributed by atoms with Gasteiger partial charge in [-0.1, -0.05) is 44.6 Å². The summed E-state index contributed by atoms with van der Waals surface area (Å²) in [6.07, 6.45) is 12.5. The fourth-order valence-corrected chi connectivity index (χ4v) is 8.65. The lowest BCUT2D eigenvalue weighted by Gasteiger charge is -2.50. The zero-order chi connectivity index (χ0) is 26.5. The lowest BCUT2D eigenvalue weighted by Crippen LogP contribution is -2.55. The predicted octanol–water partition coefficient (Wildman–Crippen LogP) is 5.62. The molecule has 4 rings (SSSR count). The van der Waals surface area contributed by atoms with E-state index < -0.39 is 32.5 Å². The molecule has 1 aromatic rings. The Balaban J connectivity index is 1.53. The monoisotopic (exact) mass is 532 g/mol. The second-order valence-electron chi connectivity index (χ2n) is 10.7. The molecule has 0 atom stereocenters. The van der Waals surface area contributed by atoms with Crippen molar-refractivity contribution >= 4 is 26.7 Å². The van der Waals surface area contributed by atoms with Gasteiger partial charge in [-0.25, -0.2) is 0 Å². The second-order valence-corrected chi connectivity index (χ2v) is 13.2. The molecular weight excluding hydrogens is 492 g/mol. The molecule has 3 aliphatic rings. The molecule has 0 bridgehead atoms. The highest BCUT2D eigenvalue weighted by molar-refractivity contribution is 6.65. The molecule has 8 nitrogen and oxygen atoms in total. The van der Waals surface area contributed by atoms with Crippen LogP contribution in [0.25, 0.3) is 0 Å². The van der Waals surface area contributed by atoms with Gasteiger partial charge in [-0.15, -0.1) is 0 Å². The van der Waals surface area contributed by atoms with E-state index in [1.165, 1.54) is 59.3 Å². The first-order valence-electron chi connectivity index (χ1n) is 13.7. The smallest absolute Gasteiger partial charge is 0.461 e. The van der Waals surface area contributed by atoms with Gasteiger partial charge in [0, 0.05) is 38.2 Å². The summed E-state index contributed by atoms with van der Waals surface area (Å²) in [6.45, 7) is 4.09. The highest BCUT2D eigenvalue weighted by Gasteiger charge is 2.52. The van der Waals surface area contributed by atoms with Gasteiger partial charge in [-0.2, -0.15) is 0 Å². The van der Waals surface area contributed by atoms with Crippen LogP contribution in [0.15, 0.2) is 18.2 Å². The Morgan fingerprint density at radius 1 is 0.838 bits per heavy atom. The van der Waals surface area contributed by atoms with E-state index in [1.54, 1.807) is 0 Å². The van der Waals surface area contributed by atoms with Crippen LogP contribution in [-0.4, -0.2) is 32.5 Å². The molecular formula is C28H40O8Si. The molecule has 1 aliphatic heterocycles. The molecule has 1 heterocycles. The van der Waals surface area contributed by atoms with Crippen molar-refractivity contribution in [2.45, 2.75) is 110 Å². The summed E-state index contributed by atoms with van der Waals surface area (Å²) >= 11 is 0. The fraction of sp³-hybridized carbons (Fsp3) is 0.679. The standard InChI is InChI=1S/C28H40O8Si/c1-20(29)34-37(35-21(2)30,36-22(3)31)17-16-23-14-15-27-24(18-23)19-32-28(33-27,25-10-6-4-7-11-25)26-12-8-5-9-13-26/h14-15,18,25-26H,4-13,16-17,19H2,1-3H3. The molecule has 2 saturated carbocycles. The summed E-state index contributed by atoms with van der Waals surface area (Å²) in [5.74, 6) is -0.832. The van der Waals surface area contributed by atoms with Gasteiger partial charge in [0.2, 0.25) is 5.79 Å². The Bertz CT molecular complexity index is 922. The van der Waals surface area contributed by atoms with E-state index in [1.807, 2.05) is 18.2 Å². The Morgan fingerprint density at radius 3 is 1.84 bits per heavy atom.